The number of nitrogens with zero attached hydrogens (tertiary/aromatic N) is 3. The fourth-order valence-electron chi connectivity index (χ4n) is 2.02. The van der Waals surface area contributed by atoms with E-state index in [-0.39, 0.29) is 5.82 Å². The Labute approximate surface area is 122 Å². The summed E-state index contributed by atoms with van der Waals surface area (Å²) in [5.41, 5.74) is 2.69. The molecule has 2 aromatic heterocycles. The van der Waals surface area contributed by atoms with Crippen LogP contribution >= 0.6 is 0 Å². The van der Waals surface area contributed by atoms with Gasteiger partial charge in [0, 0.05) is 11.9 Å². The van der Waals surface area contributed by atoms with Crippen molar-refractivity contribution in [2.45, 2.75) is 13.5 Å². The molecular formula is C16H15FN4. The zero-order chi connectivity index (χ0) is 14.7. The average molecular weight is 282 g/mol. The number of hydrogen-bond donors (Lipinski definition) is 1. The second-order valence-electron chi connectivity index (χ2n) is 4.75. The largest absolute Gasteiger partial charge is 0.364 e. The fraction of sp³-hybridized carbons (Fsp3) is 0.125. The number of aryl methyl sites for hydroxylation is 1. The highest BCUT2D eigenvalue weighted by molar-refractivity contribution is 5.36. The van der Waals surface area contributed by atoms with E-state index in [1.807, 2.05) is 37.4 Å². The molecule has 0 atom stereocenters. The fourth-order valence-corrected chi connectivity index (χ4v) is 2.02. The number of benzene rings is 1. The van der Waals surface area contributed by atoms with Gasteiger partial charge in [0.2, 0.25) is 0 Å². The van der Waals surface area contributed by atoms with Gasteiger partial charge in [-0.2, -0.15) is 5.10 Å². The summed E-state index contributed by atoms with van der Waals surface area (Å²) in [5.74, 6) is 0.574. The van der Waals surface area contributed by atoms with Gasteiger partial charge >= 0.3 is 0 Å². The molecule has 0 saturated heterocycles. The summed E-state index contributed by atoms with van der Waals surface area (Å²) in [6, 6.07) is 14.0. The van der Waals surface area contributed by atoms with E-state index >= 15 is 0 Å². The molecule has 1 N–H and O–H groups in total. The van der Waals surface area contributed by atoms with E-state index in [1.54, 1.807) is 16.8 Å². The van der Waals surface area contributed by atoms with Crippen LogP contribution in [-0.4, -0.2) is 14.8 Å². The summed E-state index contributed by atoms with van der Waals surface area (Å²) in [5, 5.41) is 7.68. The first kappa shape index (κ1) is 13.3. The lowest BCUT2D eigenvalue weighted by Crippen LogP contribution is -2.03. The Hall–Kier alpha value is -2.69. The lowest BCUT2D eigenvalue weighted by molar-refractivity contribution is 0.627. The van der Waals surface area contributed by atoms with Gasteiger partial charge in [0.25, 0.3) is 0 Å². The molecular weight excluding hydrogens is 267 g/mol. The molecule has 4 nitrogen and oxygen atoms in total. The molecule has 0 radical (unpaired) electrons. The molecule has 0 bridgehead atoms. The van der Waals surface area contributed by atoms with Crippen LogP contribution in [0, 0.1) is 12.7 Å². The van der Waals surface area contributed by atoms with Crippen LogP contribution in [0.25, 0.3) is 5.69 Å². The van der Waals surface area contributed by atoms with Crippen molar-refractivity contribution in [3.05, 3.63) is 71.9 Å². The number of pyridine rings is 1. The topological polar surface area (TPSA) is 42.7 Å². The van der Waals surface area contributed by atoms with Crippen molar-refractivity contribution >= 4 is 5.82 Å². The van der Waals surface area contributed by atoms with Gasteiger partial charge in [-0.25, -0.2) is 14.1 Å². The van der Waals surface area contributed by atoms with Crippen LogP contribution in [0.2, 0.25) is 0 Å². The minimum atomic E-state index is -0.252. The highest BCUT2D eigenvalue weighted by atomic mass is 19.1. The molecule has 21 heavy (non-hydrogen) atoms. The number of nitrogens with one attached hydrogen (secondary N) is 1. The number of aromatic nitrogens is 3. The van der Waals surface area contributed by atoms with Crippen molar-refractivity contribution < 1.29 is 4.39 Å². The monoisotopic (exact) mass is 282 g/mol. The molecule has 0 amide bonds. The molecule has 0 unspecified atom stereocenters. The maximum absolute atomic E-state index is 12.9. The Morgan fingerprint density at radius 3 is 2.67 bits per heavy atom. The Morgan fingerprint density at radius 2 is 1.90 bits per heavy atom. The third kappa shape index (κ3) is 3.25. The summed E-state index contributed by atoms with van der Waals surface area (Å²) in [6.45, 7) is 2.54. The highest BCUT2D eigenvalue weighted by Crippen LogP contribution is 2.10. The van der Waals surface area contributed by atoms with Gasteiger partial charge in [0.05, 0.1) is 17.9 Å². The van der Waals surface area contributed by atoms with Crippen molar-refractivity contribution in [1.29, 1.82) is 0 Å². The smallest absolute Gasteiger partial charge is 0.126 e. The third-order valence-electron chi connectivity index (χ3n) is 3.07. The van der Waals surface area contributed by atoms with Gasteiger partial charge in [-0.3, -0.25) is 0 Å². The van der Waals surface area contributed by atoms with Gasteiger partial charge in [0.15, 0.2) is 0 Å². The van der Waals surface area contributed by atoms with E-state index in [1.165, 1.54) is 12.1 Å². The van der Waals surface area contributed by atoms with Crippen molar-refractivity contribution in [3.8, 4) is 5.69 Å². The summed E-state index contributed by atoms with van der Waals surface area (Å²) in [4.78, 5) is 4.38. The lowest BCUT2D eigenvalue weighted by Gasteiger charge is -2.04. The Balaban J connectivity index is 1.69. The average Bonchev–Trinajstić information content (AvgIpc) is 2.95. The van der Waals surface area contributed by atoms with E-state index in [0.29, 0.717) is 6.54 Å². The van der Waals surface area contributed by atoms with Crippen molar-refractivity contribution in [2.24, 2.45) is 0 Å². The quantitative estimate of drug-likeness (QED) is 0.798. The van der Waals surface area contributed by atoms with Crippen LogP contribution in [0.3, 0.4) is 0 Å². The number of rotatable bonds is 4. The van der Waals surface area contributed by atoms with Gasteiger partial charge < -0.3 is 5.32 Å². The highest BCUT2D eigenvalue weighted by Gasteiger charge is 2.02. The number of hydrogen-bond acceptors (Lipinski definition) is 3. The molecule has 0 spiro atoms. The molecule has 106 valence electrons. The van der Waals surface area contributed by atoms with E-state index in [4.69, 9.17) is 0 Å². The maximum atomic E-state index is 12.9. The summed E-state index contributed by atoms with van der Waals surface area (Å²) < 4.78 is 14.6. The summed E-state index contributed by atoms with van der Waals surface area (Å²) in [7, 11) is 0. The van der Waals surface area contributed by atoms with Gasteiger partial charge in [-0.15, -0.1) is 0 Å². The second-order valence-corrected chi connectivity index (χ2v) is 4.75. The maximum Gasteiger partial charge on any atom is 0.126 e. The normalized spacial score (nSPS) is 10.6. The second kappa shape index (κ2) is 5.75. The summed E-state index contributed by atoms with van der Waals surface area (Å²) >= 11 is 0. The van der Waals surface area contributed by atoms with Crippen LogP contribution in [0.4, 0.5) is 10.2 Å². The lowest BCUT2D eigenvalue weighted by atomic mass is 10.3. The zero-order valence-electron chi connectivity index (χ0n) is 11.6. The molecule has 1 aromatic carbocycles. The minimum Gasteiger partial charge on any atom is -0.364 e. The molecule has 0 saturated carbocycles. The zero-order valence-corrected chi connectivity index (χ0v) is 11.6. The van der Waals surface area contributed by atoms with Crippen LogP contribution in [0.1, 0.15) is 11.4 Å². The molecule has 3 aromatic rings. The van der Waals surface area contributed by atoms with Crippen LogP contribution in [0.5, 0.6) is 0 Å². The van der Waals surface area contributed by atoms with Crippen molar-refractivity contribution in [3.63, 3.8) is 0 Å². The van der Waals surface area contributed by atoms with Gasteiger partial charge in [-0.05, 0) is 49.4 Å². The predicted molar refractivity (Wildman–Crippen MR) is 79.8 cm³/mol. The first-order valence-corrected chi connectivity index (χ1v) is 6.69. The molecule has 0 fully saturated rings. The van der Waals surface area contributed by atoms with E-state index in [9.17, 15) is 4.39 Å². The van der Waals surface area contributed by atoms with E-state index < -0.39 is 0 Å². The Morgan fingerprint density at radius 1 is 1.10 bits per heavy atom. The molecule has 0 aliphatic heterocycles. The predicted octanol–water partition coefficient (Wildman–Crippen LogP) is 3.33. The number of anilines is 1. The van der Waals surface area contributed by atoms with Crippen LogP contribution < -0.4 is 5.32 Å². The molecule has 3 rings (SSSR count). The van der Waals surface area contributed by atoms with Crippen molar-refractivity contribution in [2.75, 3.05) is 5.32 Å². The SMILES string of the molecule is Cc1cccc(NCc2ccn(-c3ccc(F)cc3)n2)n1. The minimum absolute atomic E-state index is 0.252. The Kier molecular flexibility index (Phi) is 3.64. The molecule has 5 heteroatoms. The first-order chi connectivity index (χ1) is 10.2. The van der Waals surface area contributed by atoms with E-state index in [2.05, 4.69) is 15.4 Å². The van der Waals surface area contributed by atoms with Gasteiger partial charge in [-0.1, -0.05) is 6.07 Å². The standard InChI is InChI=1S/C16H15FN4/c1-12-3-2-4-16(19-12)18-11-14-9-10-21(20-14)15-7-5-13(17)6-8-15/h2-10H,11H2,1H3,(H,18,19). The van der Waals surface area contributed by atoms with Crippen LogP contribution in [0.15, 0.2) is 54.7 Å². The van der Waals surface area contributed by atoms with E-state index in [0.717, 1.165) is 22.9 Å². The van der Waals surface area contributed by atoms with Crippen LogP contribution in [-0.2, 0) is 6.54 Å². The summed E-state index contributed by atoms with van der Waals surface area (Å²) in [6.07, 6.45) is 1.86. The molecule has 0 aliphatic carbocycles. The van der Waals surface area contributed by atoms with Gasteiger partial charge in [0.1, 0.15) is 11.6 Å². The number of halogens is 1. The first-order valence-electron chi connectivity index (χ1n) is 6.69. The third-order valence-corrected chi connectivity index (χ3v) is 3.07. The Bertz CT molecular complexity index is 734. The molecule has 2 heterocycles. The molecule has 0 aliphatic rings. The van der Waals surface area contributed by atoms with Crippen molar-refractivity contribution in [1.82, 2.24) is 14.8 Å².